The van der Waals surface area contributed by atoms with Crippen LogP contribution < -0.4 is 0 Å². The van der Waals surface area contributed by atoms with Gasteiger partial charge in [-0.05, 0) is 92.9 Å². The van der Waals surface area contributed by atoms with E-state index in [4.69, 9.17) is 6.58 Å². The van der Waals surface area contributed by atoms with Crippen LogP contribution in [-0.4, -0.2) is 43.2 Å². The zero-order valence-corrected chi connectivity index (χ0v) is 38.7. The fraction of sp³-hybridized carbons (Fsp3) is 0.436. The van der Waals surface area contributed by atoms with Crippen LogP contribution >= 0.6 is 0 Å². The molecule has 4 nitrogen and oxygen atoms in total. The summed E-state index contributed by atoms with van der Waals surface area (Å²) in [5.74, 6) is 0.923. The lowest BCUT2D eigenvalue weighted by Gasteiger charge is -2.35. The smallest absolute Gasteiger partial charge is 0.206 e. The zero-order chi connectivity index (χ0) is 43.2. The minimum Gasteiger partial charge on any atom is -0.348 e. The zero-order valence-electron chi connectivity index (χ0n) is 37.9. The summed E-state index contributed by atoms with van der Waals surface area (Å²) >= 11 is 0. The number of allylic oxidation sites excluding steroid dienone is 25. The van der Waals surface area contributed by atoms with Crippen LogP contribution in [0.3, 0.4) is 0 Å². The lowest BCUT2D eigenvalue weighted by atomic mass is 9.67. The van der Waals surface area contributed by atoms with Crippen LogP contribution in [0.1, 0.15) is 100 Å². The second-order valence-corrected chi connectivity index (χ2v) is 20.3. The van der Waals surface area contributed by atoms with Gasteiger partial charge in [0.1, 0.15) is 6.54 Å². The molecule has 0 N–H and O–H groups in total. The summed E-state index contributed by atoms with van der Waals surface area (Å²) in [4.78, 5) is 3.34. The molecule has 4 aliphatic carbocycles. The largest absolute Gasteiger partial charge is 0.348 e. The lowest BCUT2D eigenvalue weighted by Crippen LogP contribution is -2.37. The minimum absolute atomic E-state index is 0.184. The minimum atomic E-state index is -3.85. The molecule has 60 heavy (non-hydrogen) atoms. The molecule has 0 aromatic heterocycles. The maximum atomic E-state index is 15.1. The van der Waals surface area contributed by atoms with Gasteiger partial charge in [0.2, 0.25) is 9.84 Å². The monoisotopic (exact) mass is 824 g/mol. The van der Waals surface area contributed by atoms with Crippen LogP contribution in [-0.2, 0) is 9.84 Å². The Bertz CT molecular complexity index is 2280. The average Bonchev–Trinajstić information content (AvgIpc) is 3.56. The summed E-state index contributed by atoms with van der Waals surface area (Å²) in [6.45, 7) is 30.2. The summed E-state index contributed by atoms with van der Waals surface area (Å²) in [7, 11) is -3.85. The van der Waals surface area contributed by atoms with E-state index in [1.165, 1.54) is 28.3 Å². The molecule has 0 amide bonds. The topological polar surface area (TPSA) is 40.4 Å². The molecule has 6 aliphatic rings. The molecule has 1 saturated heterocycles. The number of fused-ring (bicyclic) bond motifs is 1. The van der Waals surface area contributed by atoms with E-state index in [1.54, 1.807) is 6.08 Å². The highest BCUT2D eigenvalue weighted by Crippen LogP contribution is 2.56. The number of sulfone groups is 1. The average molecular weight is 824 g/mol. The molecule has 0 aromatic carbocycles. The van der Waals surface area contributed by atoms with Gasteiger partial charge in [0.05, 0.1) is 15.2 Å². The molecule has 0 radical (unpaired) electrons. The highest BCUT2D eigenvalue weighted by atomic mass is 32.2. The Morgan fingerprint density at radius 2 is 1.67 bits per heavy atom. The molecule has 0 spiro atoms. The Labute approximate surface area is 364 Å². The van der Waals surface area contributed by atoms with E-state index in [-0.39, 0.29) is 28.6 Å². The Morgan fingerprint density at radius 3 is 2.40 bits per heavy atom. The van der Waals surface area contributed by atoms with Gasteiger partial charge in [-0.3, -0.25) is 0 Å². The van der Waals surface area contributed by atoms with E-state index in [0.717, 1.165) is 62.0 Å². The van der Waals surface area contributed by atoms with Gasteiger partial charge in [0.15, 0.2) is 12.3 Å². The molecule has 2 heterocycles. The molecule has 1 fully saturated rings. The van der Waals surface area contributed by atoms with Gasteiger partial charge < -0.3 is 4.90 Å². The quantitative estimate of drug-likeness (QED) is 0.145. The third-order valence-corrected chi connectivity index (χ3v) is 15.7. The van der Waals surface area contributed by atoms with Crippen molar-refractivity contribution in [1.82, 2.24) is 4.90 Å². The third kappa shape index (κ3) is 8.94. The third-order valence-electron chi connectivity index (χ3n) is 13.8. The molecule has 5 heteroatoms. The van der Waals surface area contributed by atoms with Crippen LogP contribution in [0.4, 0.5) is 0 Å². The summed E-state index contributed by atoms with van der Waals surface area (Å²) in [6.07, 6.45) is 46.7. The first-order valence-corrected chi connectivity index (χ1v) is 24.1. The number of unbranched alkanes of at least 4 members (excludes halogenated alkanes) is 2. The number of likely N-dealkylation sites (tertiary alicyclic amines) is 1. The van der Waals surface area contributed by atoms with Gasteiger partial charge in [-0.25, -0.2) is 13.0 Å². The van der Waals surface area contributed by atoms with Crippen molar-refractivity contribution in [2.75, 3.05) is 19.6 Å². The van der Waals surface area contributed by atoms with Crippen molar-refractivity contribution >= 4 is 15.5 Å². The standard InChI is InChI=1S/C55H71N2O2S/c1-11-14-37-56-38-23-27-43-26-22-25-41(5)51(43)42(6)54(7,8)49(56)35-33-44-31-32-45(53(44)60(58,59)46-28-18-16-17-19-29-46)34-36-50-55(9,10)52(47-30-21-20-24-40(47)4)48(13-3)57(50)39-15-12-2/h13,16-18,20-30,33-36,41,47,51-52H,4,6,11-12,14-15,19,31-32,37-39H2,1-3,5,7-10H3/q+1. The fourth-order valence-corrected chi connectivity index (χ4v) is 12.2. The molecule has 0 aromatic rings. The number of rotatable bonds is 12. The van der Waals surface area contributed by atoms with Crippen LogP contribution in [0.15, 0.2) is 178 Å². The Hall–Kier alpha value is -4.48. The van der Waals surface area contributed by atoms with E-state index < -0.39 is 9.84 Å². The maximum Gasteiger partial charge on any atom is 0.206 e. The van der Waals surface area contributed by atoms with Gasteiger partial charge in [0.25, 0.3) is 0 Å². The van der Waals surface area contributed by atoms with Crippen LogP contribution in [0.25, 0.3) is 0 Å². The predicted octanol–water partition coefficient (Wildman–Crippen LogP) is 13.3. The predicted molar refractivity (Wildman–Crippen MR) is 257 cm³/mol. The number of nitrogens with zero attached hydrogens (tertiary/aromatic N) is 2. The molecule has 0 bridgehead atoms. The highest BCUT2D eigenvalue weighted by Gasteiger charge is 2.50. The van der Waals surface area contributed by atoms with Crippen molar-refractivity contribution in [3.63, 3.8) is 0 Å². The van der Waals surface area contributed by atoms with Crippen LogP contribution in [0.5, 0.6) is 0 Å². The second kappa shape index (κ2) is 19.1. The summed E-state index contributed by atoms with van der Waals surface area (Å²) in [5, 5.41) is 0. The molecular formula is C55H71N2O2S+. The highest BCUT2D eigenvalue weighted by molar-refractivity contribution is 7.99. The van der Waals surface area contributed by atoms with E-state index >= 15 is 8.42 Å². The molecule has 0 saturated carbocycles. The summed E-state index contributed by atoms with van der Waals surface area (Å²) in [5.41, 5.74) is 8.52. The van der Waals surface area contributed by atoms with Crippen molar-refractivity contribution in [3.8, 4) is 0 Å². The summed E-state index contributed by atoms with van der Waals surface area (Å²) < 4.78 is 32.6. The fourth-order valence-electron chi connectivity index (χ4n) is 10.3. The molecular weight excluding hydrogens is 753 g/mol. The van der Waals surface area contributed by atoms with E-state index in [1.807, 2.05) is 24.3 Å². The first kappa shape index (κ1) is 45.1. The van der Waals surface area contributed by atoms with Crippen molar-refractivity contribution < 1.29 is 13.0 Å². The lowest BCUT2D eigenvalue weighted by molar-refractivity contribution is -0.520. The normalized spacial score (nSPS) is 28.6. The Kier molecular flexibility index (Phi) is 14.3. The van der Waals surface area contributed by atoms with E-state index in [0.29, 0.717) is 35.0 Å². The van der Waals surface area contributed by atoms with Crippen molar-refractivity contribution in [2.45, 2.75) is 100 Å². The SMILES string of the molecule is C=C1C=CC=CC1C1C(=CC)N(CCCC)C(=CC=C2CCC(C=CC3=[N+](CCCC)CC=CC4=CC=CC(C)C4C(=C)C3(C)C)=C2S(=O)(=O)C2=CCC=CC=C2)C1(C)C. The maximum absolute atomic E-state index is 15.1. The van der Waals surface area contributed by atoms with Gasteiger partial charge in [-0.15, -0.1) is 0 Å². The molecule has 4 atom stereocenters. The summed E-state index contributed by atoms with van der Waals surface area (Å²) in [6, 6.07) is 0. The molecule has 2 aliphatic heterocycles. The van der Waals surface area contributed by atoms with Gasteiger partial charge in [-0.2, -0.15) is 0 Å². The number of hydrogen-bond donors (Lipinski definition) is 0. The van der Waals surface area contributed by atoms with Gasteiger partial charge in [-0.1, -0.05) is 157 Å². The van der Waals surface area contributed by atoms with Gasteiger partial charge in [0, 0.05) is 53.6 Å². The molecule has 4 unspecified atom stereocenters. The Morgan fingerprint density at radius 1 is 0.900 bits per heavy atom. The van der Waals surface area contributed by atoms with Crippen LogP contribution in [0.2, 0.25) is 0 Å². The van der Waals surface area contributed by atoms with Gasteiger partial charge >= 0.3 is 0 Å². The molecule has 318 valence electrons. The first-order chi connectivity index (χ1) is 28.7. The van der Waals surface area contributed by atoms with Crippen molar-refractivity contribution in [2.24, 2.45) is 34.5 Å². The Balaban J connectivity index is 1.51. The molecule has 6 rings (SSSR count). The van der Waals surface area contributed by atoms with Crippen molar-refractivity contribution in [3.05, 3.63) is 178 Å². The number of hydrogen-bond acceptors (Lipinski definition) is 3. The van der Waals surface area contributed by atoms with Crippen LogP contribution in [0, 0.1) is 34.5 Å². The van der Waals surface area contributed by atoms with Crippen molar-refractivity contribution in [1.29, 1.82) is 0 Å². The first-order valence-electron chi connectivity index (χ1n) is 22.6. The van der Waals surface area contributed by atoms with E-state index in [2.05, 4.69) is 157 Å². The van der Waals surface area contributed by atoms with E-state index in [9.17, 15) is 0 Å². The second-order valence-electron chi connectivity index (χ2n) is 18.5.